The van der Waals surface area contributed by atoms with Crippen LogP contribution in [0.5, 0.6) is 0 Å². The third-order valence-corrected chi connectivity index (χ3v) is 8.08. The first-order valence-corrected chi connectivity index (χ1v) is 15.3. The van der Waals surface area contributed by atoms with Gasteiger partial charge in [-0.25, -0.2) is 9.37 Å². The van der Waals surface area contributed by atoms with E-state index in [1.165, 1.54) is 6.07 Å². The van der Waals surface area contributed by atoms with Gasteiger partial charge in [0, 0.05) is 52.7 Å². The summed E-state index contributed by atoms with van der Waals surface area (Å²) in [6.45, 7) is 12.0. The van der Waals surface area contributed by atoms with Gasteiger partial charge in [0.15, 0.2) is 0 Å². The van der Waals surface area contributed by atoms with E-state index in [1.807, 2.05) is 71.0 Å². The topological polar surface area (TPSA) is 84.2 Å². The number of aryl methyl sites for hydroxylation is 1. The van der Waals surface area contributed by atoms with Crippen molar-refractivity contribution in [1.29, 1.82) is 0 Å². The summed E-state index contributed by atoms with van der Waals surface area (Å²) in [6.07, 6.45) is 5.51. The van der Waals surface area contributed by atoms with Crippen molar-refractivity contribution in [2.45, 2.75) is 59.9 Å². The number of nitrogens with zero attached hydrogens (tertiary/aromatic N) is 4. The quantitative estimate of drug-likeness (QED) is 0.209. The van der Waals surface area contributed by atoms with Gasteiger partial charge in [-0.3, -0.25) is 14.4 Å². The molecule has 2 aromatic heterocycles. The highest BCUT2D eigenvalue weighted by Gasteiger charge is 2.20. The summed E-state index contributed by atoms with van der Waals surface area (Å²) in [7, 11) is 1.75. The molecule has 4 aromatic rings. The molecule has 7 nitrogen and oxygen atoms in total. The molecule has 0 amide bonds. The summed E-state index contributed by atoms with van der Waals surface area (Å²) < 4.78 is 16.6. The van der Waals surface area contributed by atoms with Crippen LogP contribution in [-0.2, 0) is 6.54 Å². The van der Waals surface area contributed by atoms with Crippen LogP contribution in [0.25, 0.3) is 27.7 Å². The molecule has 3 heterocycles. The van der Waals surface area contributed by atoms with Crippen LogP contribution in [0.4, 0.5) is 16.0 Å². The van der Waals surface area contributed by atoms with Crippen LogP contribution in [-0.4, -0.2) is 40.4 Å². The van der Waals surface area contributed by atoms with Crippen LogP contribution < -0.4 is 16.2 Å². The zero-order valence-corrected chi connectivity index (χ0v) is 26.5. The number of hydrogen-bond donors (Lipinski definition) is 2. The minimum absolute atomic E-state index is 0.200. The van der Waals surface area contributed by atoms with E-state index in [1.54, 1.807) is 23.9 Å². The molecule has 0 aliphatic carbocycles. The molecule has 43 heavy (non-hydrogen) atoms. The fraction of sp³-hybridized carbons (Fsp3) is 0.353. The van der Waals surface area contributed by atoms with E-state index < -0.39 is 0 Å². The van der Waals surface area contributed by atoms with Crippen LogP contribution in [0, 0.1) is 5.82 Å². The third-order valence-electron chi connectivity index (χ3n) is 7.76. The van der Waals surface area contributed by atoms with E-state index >= 15 is 0 Å². The summed E-state index contributed by atoms with van der Waals surface area (Å²) >= 11 is 6.73. The second-order valence-corrected chi connectivity index (χ2v) is 10.6. The molecule has 0 atom stereocenters. The molecule has 1 saturated heterocycles. The van der Waals surface area contributed by atoms with Gasteiger partial charge < -0.3 is 10.6 Å². The van der Waals surface area contributed by atoms with E-state index in [2.05, 4.69) is 25.6 Å². The number of anilines is 2. The lowest BCUT2D eigenvalue weighted by molar-refractivity contribution is 0.445. The minimum Gasteiger partial charge on any atom is -0.324 e. The molecule has 5 rings (SSSR count). The van der Waals surface area contributed by atoms with Crippen molar-refractivity contribution in [2.24, 2.45) is 4.99 Å². The Balaban J connectivity index is 0.00000207. The fourth-order valence-electron chi connectivity index (χ4n) is 5.51. The summed E-state index contributed by atoms with van der Waals surface area (Å²) in [6, 6.07) is 12.6. The lowest BCUT2D eigenvalue weighted by atomic mass is 9.90. The Hall–Kier alpha value is -3.88. The van der Waals surface area contributed by atoms with Gasteiger partial charge in [0.05, 0.1) is 0 Å². The number of hydrogen-bond acceptors (Lipinski definition) is 6. The molecule has 9 heteroatoms. The van der Waals surface area contributed by atoms with E-state index in [9.17, 15) is 9.18 Å². The van der Waals surface area contributed by atoms with Gasteiger partial charge in [0.2, 0.25) is 5.95 Å². The first kappa shape index (κ1) is 32.0. The lowest BCUT2D eigenvalue weighted by Gasteiger charge is -2.23. The third kappa shape index (κ3) is 6.86. The summed E-state index contributed by atoms with van der Waals surface area (Å²) in [5, 5.41) is 7.59. The molecule has 2 N–H and O–H groups in total. The maximum atomic E-state index is 15.0. The molecule has 0 bridgehead atoms. The summed E-state index contributed by atoms with van der Waals surface area (Å²) in [5.74, 6) is 0.272. The number of pyridine rings is 1. The Morgan fingerprint density at radius 1 is 1.16 bits per heavy atom. The smallest absolute Gasteiger partial charge is 0.260 e. The highest BCUT2D eigenvalue weighted by Crippen LogP contribution is 2.32. The minimum atomic E-state index is -0.237. The molecule has 0 unspecified atom stereocenters. The highest BCUT2D eigenvalue weighted by atomic mass is 35.5. The lowest BCUT2D eigenvalue weighted by Crippen LogP contribution is -2.27. The maximum Gasteiger partial charge on any atom is 0.260 e. The zero-order chi connectivity index (χ0) is 31.1. The van der Waals surface area contributed by atoms with Gasteiger partial charge in [0.1, 0.15) is 11.5 Å². The molecule has 226 valence electrons. The standard InChI is InChI=1S/C32H34ClFN6O.C2H6/c1-5-24(19(3)35-4)21-7-9-26(28(33)16-21)27-15-22-18-37-32(39-30(22)40(6-2)31(27)41)38-23-8-10-25(29(34)17-23)20-11-13-36-14-12-20;1-2/h5,7-10,15-18,20,36H,6,11-14H2,1-4H3,(H,37,38,39);1-2H3/b24-5+,35-19?;. The van der Waals surface area contributed by atoms with E-state index in [4.69, 9.17) is 11.6 Å². The van der Waals surface area contributed by atoms with Crippen LogP contribution in [0.3, 0.4) is 0 Å². The first-order chi connectivity index (χ1) is 20.8. The molecule has 1 aliphatic rings. The van der Waals surface area contributed by atoms with Gasteiger partial charge in [-0.1, -0.05) is 49.7 Å². The Morgan fingerprint density at radius 3 is 2.53 bits per heavy atom. The maximum absolute atomic E-state index is 15.0. The number of rotatable bonds is 7. The van der Waals surface area contributed by atoms with Gasteiger partial charge in [0.25, 0.3) is 5.56 Å². The molecule has 0 saturated carbocycles. The van der Waals surface area contributed by atoms with Crippen LogP contribution in [0.2, 0.25) is 5.02 Å². The molecule has 2 aromatic carbocycles. The highest BCUT2D eigenvalue weighted by molar-refractivity contribution is 6.34. The number of allylic oxidation sites excluding steroid dienone is 2. The van der Waals surface area contributed by atoms with E-state index in [0.29, 0.717) is 39.4 Å². The van der Waals surface area contributed by atoms with E-state index in [-0.39, 0.29) is 23.2 Å². The number of benzene rings is 2. The SMILES string of the molecule is C/C=C(\C(C)=NC)c1ccc(-c2cc3cnc(Nc4ccc(C5CCNCC5)c(F)c4)nc3n(CC)c2=O)c(Cl)c1.CC. The molecular formula is C34H40ClFN6O. The van der Waals surface area contributed by atoms with Crippen molar-refractivity contribution in [3.63, 3.8) is 0 Å². The predicted octanol–water partition coefficient (Wildman–Crippen LogP) is 8.00. The Bertz CT molecular complexity index is 1720. The van der Waals surface area contributed by atoms with E-state index in [0.717, 1.165) is 48.3 Å². The van der Waals surface area contributed by atoms with Crippen molar-refractivity contribution in [2.75, 3.05) is 25.5 Å². The second-order valence-electron chi connectivity index (χ2n) is 10.2. The van der Waals surface area contributed by atoms with Crippen molar-refractivity contribution in [1.82, 2.24) is 19.9 Å². The van der Waals surface area contributed by atoms with Crippen molar-refractivity contribution >= 4 is 45.6 Å². The number of nitrogens with one attached hydrogen (secondary N) is 2. The number of fused-ring (bicyclic) bond motifs is 1. The number of halogens is 2. The number of aliphatic imine (C=N–C) groups is 1. The van der Waals surface area contributed by atoms with Crippen molar-refractivity contribution < 1.29 is 4.39 Å². The predicted molar refractivity (Wildman–Crippen MR) is 178 cm³/mol. The number of piperidine rings is 1. The van der Waals surface area contributed by atoms with Gasteiger partial charge in [-0.15, -0.1) is 0 Å². The molecular weight excluding hydrogens is 563 g/mol. The van der Waals surface area contributed by atoms with Gasteiger partial charge in [-0.2, -0.15) is 4.98 Å². The molecule has 1 fully saturated rings. The Labute approximate surface area is 258 Å². The van der Waals surface area contributed by atoms with Crippen molar-refractivity contribution in [3.05, 3.63) is 87.1 Å². The average Bonchev–Trinajstić information content (AvgIpc) is 3.03. The van der Waals surface area contributed by atoms with Crippen LogP contribution in [0.1, 0.15) is 64.5 Å². The summed E-state index contributed by atoms with van der Waals surface area (Å²) in [5.41, 5.74) is 5.51. The van der Waals surface area contributed by atoms with Crippen LogP contribution >= 0.6 is 11.6 Å². The first-order valence-electron chi connectivity index (χ1n) is 14.9. The van der Waals surface area contributed by atoms with Gasteiger partial charge in [-0.05, 0) is 93.6 Å². The summed E-state index contributed by atoms with van der Waals surface area (Å²) in [4.78, 5) is 27.0. The van der Waals surface area contributed by atoms with Crippen molar-refractivity contribution in [3.8, 4) is 11.1 Å². The van der Waals surface area contributed by atoms with Gasteiger partial charge >= 0.3 is 0 Å². The molecule has 0 radical (unpaired) electrons. The largest absolute Gasteiger partial charge is 0.324 e. The average molecular weight is 603 g/mol. The van der Waals surface area contributed by atoms with Crippen LogP contribution in [0.15, 0.2) is 64.5 Å². The normalized spacial score (nSPS) is 14.4. The molecule has 1 aliphatic heterocycles. The zero-order valence-electron chi connectivity index (χ0n) is 25.8. The second kappa shape index (κ2) is 14.5. The number of aromatic nitrogens is 3. The molecule has 0 spiro atoms. The monoisotopic (exact) mass is 602 g/mol. The Morgan fingerprint density at radius 2 is 1.91 bits per heavy atom. The Kier molecular flexibility index (Phi) is 10.8. The fourth-order valence-corrected chi connectivity index (χ4v) is 5.79.